The summed E-state index contributed by atoms with van der Waals surface area (Å²) in [6.45, 7) is 1.94. The number of Topliss-reactive ketones (excluding diaryl/α,β-unsaturated/α-hetero) is 1. The number of rotatable bonds is 6. The van der Waals surface area contributed by atoms with Crippen LogP contribution in [0.4, 0.5) is 0 Å². The van der Waals surface area contributed by atoms with Crippen LogP contribution in [-0.4, -0.2) is 12.4 Å². The minimum Gasteiger partial charge on any atom is -0.486 e. The molecule has 0 aliphatic heterocycles. The average Bonchev–Trinajstić information content (AvgIpc) is 2.47. The maximum Gasteiger partial charge on any atom is 0.169 e. The number of ether oxygens (including phenoxy) is 1. The molecule has 0 aromatic heterocycles. The first-order chi connectivity index (χ1) is 9.69. The van der Waals surface area contributed by atoms with Crippen molar-refractivity contribution in [1.82, 2.24) is 0 Å². The third-order valence-corrected chi connectivity index (χ3v) is 3.28. The first-order valence-corrected chi connectivity index (χ1v) is 7.03. The van der Waals surface area contributed by atoms with Crippen molar-refractivity contribution in [2.24, 2.45) is 0 Å². The van der Waals surface area contributed by atoms with Gasteiger partial charge in [-0.2, -0.15) is 0 Å². The number of carbonyl (C=O) groups is 1. The number of halogens is 1. The van der Waals surface area contributed by atoms with Crippen LogP contribution in [0.15, 0.2) is 48.5 Å². The van der Waals surface area contributed by atoms with E-state index in [-0.39, 0.29) is 12.4 Å². The van der Waals surface area contributed by atoms with Gasteiger partial charge in [0.1, 0.15) is 12.4 Å². The highest BCUT2D eigenvalue weighted by atomic mass is 35.5. The lowest BCUT2D eigenvalue weighted by atomic mass is 10.0. The van der Waals surface area contributed by atoms with Crippen molar-refractivity contribution in [1.29, 1.82) is 0 Å². The summed E-state index contributed by atoms with van der Waals surface area (Å²) in [5, 5.41) is 0.671. The van der Waals surface area contributed by atoms with Crippen LogP contribution in [0.2, 0.25) is 5.02 Å². The smallest absolute Gasteiger partial charge is 0.169 e. The zero-order chi connectivity index (χ0) is 14.4. The quantitative estimate of drug-likeness (QED) is 0.793. The van der Waals surface area contributed by atoms with Crippen LogP contribution in [0.3, 0.4) is 0 Å². The predicted octanol–water partition coefficient (Wildman–Crippen LogP) is 4.29. The molecule has 0 radical (unpaired) electrons. The van der Waals surface area contributed by atoms with E-state index < -0.39 is 0 Å². The van der Waals surface area contributed by atoms with Crippen LogP contribution in [0.25, 0.3) is 0 Å². The van der Waals surface area contributed by atoms with Gasteiger partial charge in [-0.15, -0.1) is 0 Å². The fraction of sp³-hybridized carbons (Fsp3) is 0.235. The molecule has 0 saturated heterocycles. The van der Waals surface area contributed by atoms with Crippen LogP contribution in [0, 0.1) is 0 Å². The van der Waals surface area contributed by atoms with Crippen LogP contribution in [0.1, 0.15) is 24.5 Å². The number of carbonyl (C=O) groups excluding carboxylic acids is 1. The molecule has 0 amide bonds. The number of hydrogen-bond acceptors (Lipinski definition) is 2. The molecule has 2 aromatic rings. The third kappa shape index (κ3) is 4.10. The normalized spacial score (nSPS) is 10.3. The van der Waals surface area contributed by atoms with Gasteiger partial charge in [-0.25, -0.2) is 0 Å². The van der Waals surface area contributed by atoms with Gasteiger partial charge in [0.15, 0.2) is 5.78 Å². The van der Waals surface area contributed by atoms with Gasteiger partial charge in [0.2, 0.25) is 0 Å². The van der Waals surface area contributed by atoms with E-state index in [1.165, 1.54) is 5.56 Å². The fourth-order valence-electron chi connectivity index (χ4n) is 1.90. The first-order valence-electron chi connectivity index (χ1n) is 6.66. The van der Waals surface area contributed by atoms with E-state index in [4.69, 9.17) is 16.3 Å². The zero-order valence-corrected chi connectivity index (χ0v) is 12.2. The summed E-state index contributed by atoms with van der Waals surface area (Å²) in [4.78, 5) is 11.4. The number of ketones is 1. The summed E-state index contributed by atoms with van der Waals surface area (Å²) < 4.78 is 5.61. The van der Waals surface area contributed by atoms with Gasteiger partial charge in [0.05, 0.1) is 0 Å². The lowest BCUT2D eigenvalue weighted by Gasteiger charge is -2.11. The van der Waals surface area contributed by atoms with Gasteiger partial charge in [0, 0.05) is 17.9 Å². The molecular weight excluding hydrogens is 272 g/mol. The zero-order valence-electron chi connectivity index (χ0n) is 11.4. The maximum absolute atomic E-state index is 11.4. The van der Waals surface area contributed by atoms with Gasteiger partial charge in [-0.1, -0.05) is 48.9 Å². The first kappa shape index (κ1) is 14.6. The largest absolute Gasteiger partial charge is 0.486 e. The minimum absolute atomic E-state index is 0.0885. The molecule has 0 unspecified atom stereocenters. The van der Waals surface area contributed by atoms with Crippen molar-refractivity contribution in [3.8, 4) is 5.75 Å². The highest BCUT2D eigenvalue weighted by Crippen LogP contribution is 2.25. The molecule has 3 heteroatoms. The van der Waals surface area contributed by atoms with Gasteiger partial charge < -0.3 is 4.74 Å². The second-order valence-electron chi connectivity index (χ2n) is 4.60. The Kier molecular flexibility index (Phi) is 5.19. The average molecular weight is 289 g/mol. The minimum atomic E-state index is 0.0885. The second-order valence-corrected chi connectivity index (χ2v) is 5.03. The Balaban J connectivity index is 2.17. The Morgan fingerprint density at radius 2 is 1.90 bits per heavy atom. The van der Waals surface area contributed by atoms with Crippen LogP contribution >= 0.6 is 11.6 Å². The molecule has 0 aliphatic carbocycles. The Morgan fingerprint density at radius 1 is 1.15 bits per heavy atom. The molecule has 2 aromatic carbocycles. The van der Waals surface area contributed by atoms with Crippen LogP contribution < -0.4 is 4.74 Å². The molecule has 104 valence electrons. The predicted molar refractivity (Wildman–Crippen MR) is 81.5 cm³/mol. The van der Waals surface area contributed by atoms with E-state index in [2.05, 4.69) is 12.1 Å². The van der Waals surface area contributed by atoms with E-state index in [9.17, 15) is 4.79 Å². The molecule has 20 heavy (non-hydrogen) atoms. The molecule has 0 heterocycles. The van der Waals surface area contributed by atoms with Gasteiger partial charge in [-0.3, -0.25) is 4.79 Å². The number of benzene rings is 2. The molecule has 0 spiro atoms. The Bertz CT molecular complexity index is 579. The molecule has 0 saturated carbocycles. The standard InChI is InChI=1S/C17H17ClO2/c1-2-16(19)12-20-17-9-8-15(18)11-14(17)10-13-6-4-3-5-7-13/h3-9,11H,2,10,12H2,1H3. The molecule has 2 nitrogen and oxygen atoms in total. The Labute approximate surface area is 124 Å². The molecule has 0 N–H and O–H groups in total. The summed E-state index contributed by atoms with van der Waals surface area (Å²) in [5.41, 5.74) is 2.18. The van der Waals surface area contributed by atoms with Gasteiger partial charge in [0.25, 0.3) is 0 Å². The summed E-state index contributed by atoms with van der Waals surface area (Å²) in [6, 6.07) is 15.6. The van der Waals surface area contributed by atoms with Crippen molar-refractivity contribution < 1.29 is 9.53 Å². The summed E-state index contributed by atoms with van der Waals surface area (Å²) in [6.07, 6.45) is 1.22. The van der Waals surface area contributed by atoms with E-state index >= 15 is 0 Å². The van der Waals surface area contributed by atoms with Gasteiger partial charge in [-0.05, 0) is 29.3 Å². The SMILES string of the molecule is CCC(=O)COc1ccc(Cl)cc1Cc1ccccc1. The molecule has 0 atom stereocenters. The van der Waals surface area contributed by atoms with Crippen molar-refractivity contribution in [2.45, 2.75) is 19.8 Å². The molecule has 0 aliphatic rings. The molecular formula is C17H17ClO2. The Morgan fingerprint density at radius 3 is 2.60 bits per heavy atom. The van der Waals surface area contributed by atoms with Crippen LogP contribution in [-0.2, 0) is 11.2 Å². The van der Waals surface area contributed by atoms with E-state index in [1.807, 2.05) is 37.3 Å². The summed E-state index contributed by atoms with van der Waals surface area (Å²) in [5.74, 6) is 0.811. The lowest BCUT2D eigenvalue weighted by Crippen LogP contribution is -2.10. The highest BCUT2D eigenvalue weighted by Gasteiger charge is 2.08. The topological polar surface area (TPSA) is 26.3 Å². The van der Waals surface area contributed by atoms with Crippen molar-refractivity contribution in [3.05, 3.63) is 64.7 Å². The molecule has 2 rings (SSSR count). The second kappa shape index (κ2) is 7.11. The van der Waals surface area contributed by atoms with Crippen molar-refractivity contribution in [2.75, 3.05) is 6.61 Å². The third-order valence-electron chi connectivity index (χ3n) is 3.04. The summed E-state index contributed by atoms with van der Waals surface area (Å²) in [7, 11) is 0. The Hall–Kier alpha value is -1.80. The van der Waals surface area contributed by atoms with Crippen molar-refractivity contribution in [3.63, 3.8) is 0 Å². The molecule has 0 bridgehead atoms. The van der Waals surface area contributed by atoms with E-state index in [0.29, 0.717) is 11.4 Å². The van der Waals surface area contributed by atoms with Gasteiger partial charge >= 0.3 is 0 Å². The summed E-state index contributed by atoms with van der Waals surface area (Å²) >= 11 is 6.05. The van der Waals surface area contributed by atoms with E-state index in [0.717, 1.165) is 17.7 Å². The monoisotopic (exact) mass is 288 g/mol. The number of hydrogen-bond donors (Lipinski definition) is 0. The van der Waals surface area contributed by atoms with Crippen LogP contribution in [0.5, 0.6) is 5.75 Å². The van der Waals surface area contributed by atoms with Crippen molar-refractivity contribution >= 4 is 17.4 Å². The highest BCUT2D eigenvalue weighted by molar-refractivity contribution is 6.30. The lowest BCUT2D eigenvalue weighted by molar-refractivity contribution is -0.120. The molecule has 0 fully saturated rings. The maximum atomic E-state index is 11.4. The van der Waals surface area contributed by atoms with E-state index in [1.54, 1.807) is 6.07 Å². The fourth-order valence-corrected chi connectivity index (χ4v) is 2.10.